The van der Waals surface area contributed by atoms with Crippen molar-refractivity contribution in [2.45, 2.75) is 0 Å². The highest BCUT2D eigenvalue weighted by Crippen LogP contribution is 2.33. The monoisotopic (exact) mass is 246 g/mol. The van der Waals surface area contributed by atoms with E-state index >= 15 is 0 Å². The van der Waals surface area contributed by atoms with E-state index in [2.05, 4.69) is 10.2 Å². The van der Waals surface area contributed by atoms with Crippen molar-refractivity contribution in [3.05, 3.63) is 46.9 Å². The first kappa shape index (κ1) is 9.75. The number of hydrogen-bond acceptors (Lipinski definition) is 3. The van der Waals surface area contributed by atoms with Crippen molar-refractivity contribution in [2.24, 2.45) is 0 Å². The molecule has 0 fully saturated rings. The predicted molar refractivity (Wildman–Crippen MR) is 67.9 cm³/mol. The molecule has 2 nitrogen and oxygen atoms in total. The van der Waals surface area contributed by atoms with E-state index < -0.39 is 0 Å². The summed E-state index contributed by atoms with van der Waals surface area (Å²) in [6.45, 7) is 0. The van der Waals surface area contributed by atoms with Gasteiger partial charge in [0.25, 0.3) is 0 Å². The lowest BCUT2D eigenvalue weighted by Gasteiger charge is -2.01. The zero-order valence-electron chi connectivity index (χ0n) is 8.22. The van der Waals surface area contributed by atoms with Gasteiger partial charge in [0.05, 0.1) is 4.70 Å². The van der Waals surface area contributed by atoms with Gasteiger partial charge in [-0.25, -0.2) is 0 Å². The summed E-state index contributed by atoms with van der Waals surface area (Å²) in [5.74, 6) is 0. The largest absolute Gasteiger partial charge is 0.160 e. The summed E-state index contributed by atoms with van der Waals surface area (Å²) in [6, 6.07) is 12.0. The maximum atomic E-state index is 5.99. The number of aromatic nitrogens is 2. The third-order valence-electron chi connectivity index (χ3n) is 2.39. The van der Waals surface area contributed by atoms with Crippen molar-refractivity contribution in [3.63, 3.8) is 0 Å². The molecule has 0 spiro atoms. The Kier molecular flexibility index (Phi) is 2.35. The summed E-state index contributed by atoms with van der Waals surface area (Å²) < 4.78 is 1.09. The first-order chi connectivity index (χ1) is 7.86. The molecule has 3 rings (SSSR count). The summed E-state index contributed by atoms with van der Waals surface area (Å²) in [7, 11) is 0. The Labute approximate surface area is 102 Å². The van der Waals surface area contributed by atoms with Crippen LogP contribution in [0.5, 0.6) is 0 Å². The lowest BCUT2D eigenvalue weighted by molar-refractivity contribution is 1.06. The summed E-state index contributed by atoms with van der Waals surface area (Å²) in [5, 5.41) is 11.6. The van der Waals surface area contributed by atoms with Crippen molar-refractivity contribution >= 4 is 33.0 Å². The number of halogens is 1. The fraction of sp³-hybridized carbons (Fsp3) is 0. The van der Waals surface area contributed by atoms with E-state index in [1.165, 1.54) is 0 Å². The molecule has 0 bridgehead atoms. The minimum absolute atomic E-state index is 0.468. The molecule has 78 valence electrons. The lowest BCUT2D eigenvalue weighted by Crippen LogP contribution is -1.88. The Morgan fingerprint density at radius 2 is 1.81 bits per heavy atom. The van der Waals surface area contributed by atoms with Crippen LogP contribution in [0.4, 0.5) is 0 Å². The molecular weight excluding hydrogens is 240 g/mol. The number of rotatable bonds is 1. The van der Waals surface area contributed by atoms with Gasteiger partial charge in [0.1, 0.15) is 5.69 Å². The highest BCUT2D eigenvalue weighted by atomic mass is 35.5. The molecule has 0 aliphatic rings. The smallest absolute Gasteiger partial charge is 0.147 e. The van der Waals surface area contributed by atoms with Crippen LogP contribution in [0.1, 0.15) is 0 Å². The second kappa shape index (κ2) is 3.85. The minimum atomic E-state index is 0.468. The molecule has 2 aromatic heterocycles. The fourth-order valence-corrected chi connectivity index (χ4v) is 2.79. The molecule has 0 N–H and O–H groups in total. The molecule has 0 radical (unpaired) electrons. The van der Waals surface area contributed by atoms with E-state index in [0.717, 1.165) is 21.3 Å². The van der Waals surface area contributed by atoms with Crippen molar-refractivity contribution in [3.8, 4) is 11.3 Å². The Morgan fingerprint density at radius 1 is 1.00 bits per heavy atom. The van der Waals surface area contributed by atoms with Crippen LogP contribution in [0.15, 0.2) is 41.8 Å². The number of thiophene rings is 1. The molecule has 0 saturated heterocycles. The van der Waals surface area contributed by atoms with Gasteiger partial charge in [0, 0.05) is 10.9 Å². The van der Waals surface area contributed by atoms with Crippen molar-refractivity contribution in [1.29, 1.82) is 0 Å². The second-order valence-corrected chi connectivity index (χ2v) is 4.64. The average molecular weight is 247 g/mol. The van der Waals surface area contributed by atoms with Crippen molar-refractivity contribution in [2.75, 3.05) is 0 Å². The molecule has 0 saturated carbocycles. The van der Waals surface area contributed by atoms with Gasteiger partial charge in [-0.3, -0.25) is 0 Å². The van der Waals surface area contributed by atoms with E-state index in [1.54, 1.807) is 11.3 Å². The summed E-state index contributed by atoms with van der Waals surface area (Å²) in [5.41, 5.74) is 1.97. The second-order valence-electron chi connectivity index (χ2n) is 3.37. The van der Waals surface area contributed by atoms with Gasteiger partial charge < -0.3 is 0 Å². The van der Waals surface area contributed by atoms with E-state index in [9.17, 15) is 0 Å². The average Bonchev–Trinajstić information content (AvgIpc) is 2.81. The van der Waals surface area contributed by atoms with Crippen LogP contribution in [0.25, 0.3) is 21.3 Å². The normalized spacial score (nSPS) is 10.8. The molecule has 0 unspecified atom stereocenters. The molecule has 0 atom stereocenters. The fourth-order valence-electron chi connectivity index (χ4n) is 1.63. The minimum Gasteiger partial charge on any atom is -0.147 e. The van der Waals surface area contributed by atoms with E-state index in [4.69, 9.17) is 11.6 Å². The molecular formula is C12H7ClN2S. The van der Waals surface area contributed by atoms with Crippen LogP contribution < -0.4 is 0 Å². The zero-order chi connectivity index (χ0) is 11.0. The quantitative estimate of drug-likeness (QED) is 0.648. The zero-order valence-corrected chi connectivity index (χ0v) is 9.79. The maximum absolute atomic E-state index is 5.99. The van der Waals surface area contributed by atoms with E-state index in [0.29, 0.717) is 5.15 Å². The van der Waals surface area contributed by atoms with Crippen LogP contribution in [0, 0.1) is 0 Å². The summed E-state index contributed by atoms with van der Waals surface area (Å²) >= 11 is 7.63. The highest BCUT2D eigenvalue weighted by Gasteiger charge is 2.10. The molecule has 0 amide bonds. The number of hydrogen-bond donors (Lipinski definition) is 0. The lowest BCUT2D eigenvalue weighted by atomic mass is 10.1. The van der Waals surface area contributed by atoms with Crippen LogP contribution in [-0.4, -0.2) is 10.2 Å². The van der Waals surface area contributed by atoms with Gasteiger partial charge in [-0.05, 0) is 11.4 Å². The molecule has 0 aliphatic carbocycles. The predicted octanol–water partition coefficient (Wildman–Crippen LogP) is 4.01. The first-order valence-corrected chi connectivity index (χ1v) is 6.07. The van der Waals surface area contributed by atoms with Gasteiger partial charge >= 0.3 is 0 Å². The van der Waals surface area contributed by atoms with E-state index in [-0.39, 0.29) is 0 Å². The van der Waals surface area contributed by atoms with Gasteiger partial charge in [0.15, 0.2) is 5.15 Å². The first-order valence-electron chi connectivity index (χ1n) is 4.81. The number of benzene rings is 1. The summed E-state index contributed by atoms with van der Waals surface area (Å²) in [4.78, 5) is 0. The standard InChI is InChI=1S/C12H7ClN2S/c13-12-9-6-7-16-11(9)10(14-15-12)8-4-2-1-3-5-8/h1-7H. The topological polar surface area (TPSA) is 25.8 Å². The van der Waals surface area contributed by atoms with Crippen LogP contribution in [0.3, 0.4) is 0 Å². The van der Waals surface area contributed by atoms with Gasteiger partial charge in [-0.1, -0.05) is 41.9 Å². The molecule has 3 aromatic rings. The number of fused-ring (bicyclic) bond motifs is 1. The highest BCUT2D eigenvalue weighted by molar-refractivity contribution is 7.17. The third kappa shape index (κ3) is 1.49. The molecule has 2 heterocycles. The Hall–Kier alpha value is -1.45. The van der Waals surface area contributed by atoms with Gasteiger partial charge in [-0.2, -0.15) is 0 Å². The molecule has 1 aromatic carbocycles. The van der Waals surface area contributed by atoms with E-state index in [1.807, 2.05) is 41.8 Å². The molecule has 16 heavy (non-hydrogen) atoms. The van der Waals surface area contributed by atoms with Crippen molar-refractivity contribution < 1.29 is 0 Å². The summed E-state index contributed by atoms with van der Waals surface area (Å²) in [6.07, 6.45) is 0. The Morgan fingerprint density at radius 3 is 2.62 bits per heavy atom. The van der Waals surface area contributed by atoms with Crippen LogP contribution >= 0.6 is 22.9 Å². The van der Waals surface area contributed by atoms with Crippen LogP contribution in [-0.2, 0) is 0 Å². The maximum Gasteiger partial charge on any atom is 0.160 e. The SMILES string of the molecule is Clc1nnc(-c2ccccc2)c2sccc12. The van der Waals surface area contributed by atoms with Crippen molar-refractivity contribution in [1.82, 2.24) is 10.2 Å². The third-order valence-corrected chi connectivity index (χ3v) is 3.59. The Bertz CT molecular complexity index is 634. The van der Waals surface area contributed by atoms with Gasteiger partial charge in [0.2, 0.25) is 0 Å². The van der Waals surface area contributed by atoms with Crippen LogP contribution in [0.2, 0.25) is 5.15 Å². The number of nitrogens with zero attached hydrogens (tertiary/aromatic N) is 2. The molecule has 4 heteroatoms. The van der Waals surface area contributed by atoms with Gasteiger partial charge in [-0.15, -0.1) is 21.5 Å². The Balaban J connectivity index is 2.33. The molecule has 0 aliphatic heterocycles.